The molecule has 1 amide bonds. The van der Waals surface area contributed by atoms with Gasteiger partial charge in [0.2, 0.25) is 0 Å². The van der Waals surface area contributed by atoms with Crippen molar-refractivity contribution in [3.63, 3.8) is 0 Å². The second kappa shape index (κ2) is 8.04. The Morgan fingerprint density at radius 2 is 2.04 bits per heavy atom. The fourth-order valence-electron chi connectivity index (χ4n) is 2.88. The summed E-state index contributed by atoms with van der Waals surface area (Å²) < 4.78 is 36.9. The summed E-state index contributed by atoms with van der Waals surface area (Å²) in [6.45, 7) is 3.05. The van der Waals surface area contributed by atoms with Crippen molar-refractivity contribution in [1.29, 1.82) is 0 Å². The summed E-state index contributed by atoms with van der Waals surface area (Å²) >= 11 is 1.35. The predicted molar refractivity (Wildman–Crippen MR) is 97.4 cm³/mol. The number of carbonyl (C=O) groups excluding carboxylic acids is 2. The van der Waals surface area contributed by atoms with E-state index in [1.807, 2.05) is 0 Å². The van der Waals surface area contributed by atoms with E-state index >= 15 is 0 Å². The van der Waals surface area contributed by atoms with Crippen LogP contribution in [0.1, 0.15) is 41.1 Å². The number of ether oxygens (including phenoxy) is 2. The van der Waals surface area contributed by atoms with Gasteiger partial charge in [-0.15, -0.1) is 11.3 Å². The number of hydrogen-bond acceptors (Lipinski definition) is 5. The minimum Gasteiger partial charge on any atom is -0.481 e. The Labute approximate surface area is 159 Å². The van der Waals surface area contributed by atoms with Crippen LogP contribution in [0.2, 0.25) is 0 Å². The van der Waals surface area contributed by atoms with Crippen LogP contribution in [0, 0.1) is 11.6 Å². The van der Waals surface area contributed by atoms with Gasteiger partial charge in [-0.25, -0.2) is 13.6 Å². The highest BCUT2D eigenvalue weighted by molar-refractivity contribution is 7.17. The third-order valence-electron chi connectivity index (χ3n) is 3.97. The quantitative estimate of drug-likeness (QED) is 0.748. The van der Waals surface area contributed by atoms with Crippen LogP contribution in [0.25, 0.3) is 0 Å². The SMILES string of the molecule is CC(C)OC(=O)c1c(NC(=O)COc2ccc(F)cc2F)sc2c1CCC2. The molecule has 1 aromatic carbocycles. The Hall–Kier alpha value is -2.48. The second-order valence-electron chi connectivity index (χ2n) is 6.43. The van der Waals surface area contributed by atoms with Crippen LogP contribution >= 0.6 is 11.3 Å². The molecule has 27 heavy (non-hydrogen) atoms. The van der Waals surface area contributed by atoms with Crippen molar-refractivity contribution in [3.05, 3.63) is 45.8 Å². The standard InChI is InChI=1S/C19H19F2NO4S/c1-10(2)26-19(24)17-12-4-3-5-15(12)27-18(17)22-16(23)9-25-14-7-6-11(20)8-13(14)21/h6-8,10H,3-5,9H2,1-2H3,(H,22,23). The third kappa shape index (κ3) is 4.44. The first-order chi connectivity index (χ1) is 12.8. The number of carbonyl (C=O) groups is 2. The average molecular weight is 395 g/mol. The van der Waals surface area contributed by atoms with Crippen molar-refractivity contribution < 1.29 is 27.8 Å². The van der Waals surface area contributed by atoms with E-state index in [1.165, 1.54) is 11.3 Å². The summed E-state index contributed by atoms with van der Waals surface area (Å²) in [6.07, 6.45) is 2.31. The molecule has 3 rings (SSSR count). The average Bonchev–Trinajstić information content (AvgIpc) is 3.13. The molecule has 1 heterocycles. The Balaban J connectivity index is 1.71. The lowest BCUT2D eigenvalue weighted by Crippen LogP contribution is -2.22. The number of benzene rings is 1. The van der Waals surface area contributed by atoms with E-state index in [0.717, 1.165) is 41.8 Å². The minimum absolute atomic E-state index is 0.223. The zero-order valence-corrected chi connectivity index (χ0v) is 15.8. The van der Waals surface area contributed by atoms with Gasteiger partial charge >= 0.3 is 5.97 Å². The molecule has 1 aliphatic carbocycles. The molecular weight excluding hydrogens is 376 g/mol. The molecule has 0 fully saturated rings. The normalized spacial score (nSPS) is 12.8. The van der Waals surface area contributed by atoms with Gasteiger partial charge in [-0.1, -0.05) is 0 Å². The number of thiophene rings is 1. The van der Waals surface area contributed by atoms with E-state index in [0.29, 0.717) is 16.6 Å². The number of amides is 1. The van der Waals surface area contributed by atoms with E-state index in [4.69, 9.17) is 9.47 Å². The van der Waals surface area contributed by atoms with Crippen LogP contribution in [0.15, 0.2) is 18.2 Å². The Kier molecular flexibility index (Phi) is 5.74. The summed E-state index contributed by atoms with van der Waals surface area (Å²) in [6, 6.07) is 2.83. The van der Waals surface area contributed by atoms with Gasteiger partial charge in [-0.05, 0) is 50.8 Å². The lowest BCUT2D eigenvalue weighted by atomic mass is 10.1. The first-order valence-electron chi connectivity index (χ1n) is 8.58. The number of fused-ring (bicyclic) bond motifs is 1. The fourth-order valence-corrected chi connectivity index (χ4v) is 4.17. The van der Waals surface area contributed by atoms with E-state index in [9.17, 15) is 18.4 Å². The molecule has 144 valence electrons. The van der Waals surface area contributed by atoms with Crippen molar-refractivity contribution in [2.45, 2.75) is 39.2 Å². The maximum absolute atomic E-state index is 13.6. The molecule has 5 nitrogen and oxygen atoms in total. The first-order valence-corrected chi connectivity index (χ1v) is 9.40. The molecule has 0 bridgehead atoms. The molecule has 0 saturated heterocycles. The number of hydrogen-bond donors (Lipinski definition) is 1. The van der Waals surface area contributed by atoms with Crippen molar-refractivity contribution in [2.24, 2.45) is 0 Å². The molecule has 0 unspecified atom stereocenters. The van der Waals surface area contributed by atoms with Gasteiger partial charge in [0.1, 0.15) is 10.8 Å². The number of nitrogens with one attached hydrogen (secondary N) is 1. The Bertz CT molecular complexity index is 879. The van der Waals surface area contributed by atoms with Crippen molar-refractivity contribution in [3.8, 4) is 5.75 Å². The third-order valence-corrected chi connectivity index (χ3v) is 5.18. The van der Waals surface area contributed by atoms with Crippen molar-refractivity contribution in [2.75, 3.05) is 11.9 Å². The van der Waals surface area contributed by atoms with Gasteiger partial charge in [0, 0.05) is 10.9 Å². The zero-order chi connectivity index (χ0) is 19.6. The number of aryl methyl sites for hydroxylation is 1. The highest BCUT2D eigenvalue weighted by Gasteiger charge is 2.29. The van der Waals surface area contributed by atoms with Crippen LogP contribution in [-0.4, -0.2) is 24.6 Å². The molecule has 0 radical (unpaired) electrons. The van der Waals surface area contributed by atoms with Gasteiger partial charge in [-0.2, -0.15) is 0 Å². The van der Waals surface area contributed by atoms with Crippen LogP contribution < -0.4 is 10.1 Å². The van der Waals surface area contributed by atoms with Crippen LogP contribution in [0.5, 0.6) is 5.75 Å². The molecule has 1 N–H and O–H groups in total. The Morgan fingerprint density at radius 1 is 1.26 bits per heavy atom. The van der Waals surface area contributed by atoms with E-state index < -0.39 is 30.1 Å². The molecule has 8 heteroatoms. The van der Waals surface area contributed by atoms with Crippen LogP contribution in [-0.2, 0) is 22.4 Å². The van der Waals surface area contributed by atoms with Crippen molar-refractivity contribution >= 4 is 28.2 Å². The summed E-state index contributed by atoms with van der Waals surface area (Å²) in [4.78, 5) is 25.7. The monoisotopic (exact) mass is 395 g/mol. The molecular formula is C19H19F2NO4S. The van der Waals surface area contributed by atoms with Gasteiger partial charge < -0.3 is 14.8 Å². The summed E-state index contributed by atoms with van der Waals surface area (Å²) in [5.74, 6) is -2.85. The van der Waals surface area contributed by atoms with Gasteiger partial charge in [0.15, 0.2) is 18.2 Å². The lowest BCUT2D eigenvalue weighted by Gasteiger charge is -2.11. The molecule has 0 spiro atoms. The minimum atomic E-state index is -0.890. The molecule has 2 aromatic rings. The molecule has 0 saturated carbocycles. The molecule has 1 aromatic heterocycles. The maximum Gasteiger partial charge on any atom is 0.341 e. The zero-order valence-electron chi connectivity index (χ0n) is 14.9. The predicted octanol–water partition coefficient (Wildman–Crippen LogP) is 4.10. The van der Waals surface area contributed by atoms with E-state index in [-0.39, 0.29) is 11.9 Å². The van der Waals surface area contributed by atoms with Crippen molar-refractivity contribution in [1.82, 2.24) is 0 Å². The molecule has 0 aliphatic heterocycles. The highest BCUT2D eigenvalue weighted by Crippen LogP contribution is 2.39. The number of halogens is 2. The van der Waals surface area contributed by atoms with Gasteiger partial charge in [0.05, 0.1) is 11.7 Å². The smallest absolute Gasteiger partial charge is 0.341 e. The maximum atomic E-state index is 13.6. The van der Waals surface area contributed by atoms with Gasteiger partial charge in [0.25, 0.3) is 5.91 Å². The van der Waals surface area contributed by atoms with Crippen LogP contribution in [0.3, 0.4) is 0 Å². The Morgan fingerprint density at radius 3 is 2.74 bits per heavy atom. The highest BCUT2D eigenvalue weighted by atomic mass is 32.1. The van der Waals surface area contributed by atoms with Crippen LogP contribution in [0.4, 0.5) is 13.8 Å². The topological polar surface area (TPSA) is 64.6 Å². The number of esters is 1. The number of rotatable bonds is 6. The summed E-state index contributed by atoms with van der Waals surface area (Å²) in [7, 11) is 0. The summed E-state index contributed by atoms with van der Waals surface area (Å²) in [5.41, 5.74) is 1.31. The number of anilines is 1. The second-order valence-corrected chi connectivity index (χ2v) is 7.53. The lowest BCUT2D eigenvalue weighted by molar-refractivity contribution is -0.118. The fraction of sp³-hybridized carbons (Fsp3) is 0.368. The molecule has 1 aliphatic rings. The molecule has 0 atom stereocenters. The van der Waals surface area contributed by atoms with E-state index in [2.05, 4.69) is 5.32 Å². The van der Waals surface area contributed by atoms with Gasteiger partial charge in [-0.3, -0.25) is 4.79 Å². The first kappa shape index (κ1) is 19.3. The largest absolute Gasteiger partial charge is 0.481 e. The summed E-state index contributed by atoms with van der Waals surface area (Å²) in [5, 5.41) is 3.07. The van der Waals surface area contributed by atoms with E-state index in [1.54, 1.807) is 13.8 Å².